The number of anilines is 2. The minimum atomic E-state index is -0.870. The zero-order chi connectivity index (χ0) is 18.9. The van der Waals surface area contributed by atoms with Crippen LogP contribution >= 0.6 is 0 Å². The van der Waals surface area contributed by atoms with Gasteiger partial charge in [0.15, 0.2) is 0 Å². The van der Waals surface area contributed by atoms with Crippen molar-refractivity contribution in [1.29, 1.82) is 0 Å². The van der Waals surface area contributed by atoms with E-state index in [2.05, 4.69) is 19.8 Å². The Labute approximate surface area is 159 Å². The molecule has 2 atom stereocenters. The van der Waals surface area contributed by atoms with Crippen molar-refractivity contribution in [3.63, 3.8) is 0 Å². The molecule has 2 fully saturated rings. The van der Waals surface area contributed by atoms with Gasteiger partial charge in [0, 0.05) is 19.2 Å². The van der Waals surface area contributed by atoms with Gasteiger partial charge in [-0.3, -0.25) is 4.90 Å². The molecule has 0 radical (unpaired) electrons. The number of likely N-dealkylation sites (tertiary alicyclic amines) is 1. The van der Waals surface area contributed by atoms with Crippen molar-refractivity contribution in [2.24, 2.45) is 0 Å². The summed E-state index contributed by atoms with van der Waals surface area (Å²) in [6, 6.07) is 11.9. The third kappa shape index (κ3) is 3.44. The maximum atomic E-state index is 11.7. The first-order valence-corrected chi connectivity index (χ1v) is 9.55. The summed E-state index contributed by atoms with van der Waals surface area (Å²) in [7, 11) is 1.57. The second-order valence-corrected chi connectivity index (χ2v) is 7.37. The molecule has 4 rings (SSSR count). The van der Waals surface area contributed by atoms with E-state index in [1.165, 1.54) is 12.8 Å². The fourth-order valence-electron chi connectivity index (χ4n) is 4.36. The molecule has 1 aromatic heterocycles. The van der Waals surface area contributed by atoms with E-state index >= 15 is 0 Å². The predicted octanol–water partition coefficient (Wildman–Crippen LogP) is 1.63. The Hall–Kier alpha value is -2.38. The summed E-state index contributed by atoms with van der Waals surface area (Å²) in [5.74, 6) is 1.41. The van der Waals surface area contributed by atoms with Gasteiger partial charge in [-0.2, -0.15) is 9.97 Å². The molecule has 7 heteroatoms. The average Bonchev–Trinajstić information content (AvgIpc) is 3.23. The Kier molecular flexibility index (Phi) is 4.88. The van der Waals surface area contributed by atoms with Crippen LogP contribution < -0.4 is 15.4 Å². The van der Waals surface area contributed by atoms with Crippen molar-refractivity contribution < 1.29 is 9.84 Å². The molecule has 0 amide bonds. The maximum Gasteiger partial charge on any atom is 0.225 e. The Balaban J connectivity index is 1.66. The molecule has 2 aromatic rings. The van der Waals surface area contributed by atoms with Gasteiger partial charge in [-0.1, -0.05) is 30.3 Å². The van der Waals surface area contributed by atoms with E-state index in [0.29, 0.717) is 25.4 Å². The summed E-state index contributed by atoms with van der Waals surface area (Å²) in [4.78, 5) is 13.1. The molecule has 0 saturated carbocycles. The van der Waals surface area contributed by atoms with Gasteiger partial charge >= 0.3 is 0 Å². The van der Waals surface area contributed by atoms with Crippen molar-refractivity contribution in [3.8, 4) is 5.88 Å². The lowest BCUT2D eigenvalue weighted by Crippen LogP contribution is -2.60. The highest BCUT2D eigenvalue weighted by Crippen LogP contribution is 2.38. The number of methoxy groups -OCH3 is 1. The number of piperidine rings is 1. The number of nitrogens with two attached hydrogens (primary N) is 1. The Morgan fingerprint density at radius 3 is 2.59 bits per heavy atom. The SMILES string of the molecule is COc1cc(N2CC[C@](O)(c3ccccc3)[C@H](N3CCCC3)C2)nc(N)n1. The molecule has 2 aliphatic heterocycles. The molecule has 3 heterocycles. The van der Waals surface area contributed by atoms with E-state index in [0.717, 1.165) is 24.5 Å². The molecule has 0 bridgehead atoms. The summed E-state index contributed by atoms with van der Waals surface area (Å²) < 4.78 is 5.25. The highest BCUT2D eigenvalue weighted by Gasteiger charge is 2.46. The summed E-state index contributed by atoms with van der Waals surface area (Å²) in [6.07, 6.45) is 2.98. The maximum absolute atomic E-state index is 11.7. The van der Waals surface area contributed by atoms with Gasteiger partial charge in [0.2, 0.25) is 11.8 Å². The van der Waals surface area contributed by atoms with Crippen LogP contribution in [0.3, 0.4) is 0 Å². The van der Waals surface area contributed by atoms with E-state index in [1.54, 1.807) is 7.11 Å². The first-order chi connectivity index (χ1) is 13.1. The number of rotatable bonds is 4. The van der Waals surface area contributed by atoms with Crippen molar-refractivity contribution in [2.45, 2.75) is 30.9 Å². The molecule has 144 valence electrons. The average molecular weight is 369 g/mol. The van der Waals surface area contributed by atoms with Gasteiger partial charge in [-0.15, -0.1) is 0 Å². The van der Waals surface area contributed by atoms with Gasteiger partial charge in [-0.05, 0) is 37.9 Å². The number of benzene rings is 1. The highest BCUT2D eigenvalue weighted by molar-refractivity contribution is 5.47. The van der Waals surface area contributed by atoms with Gasteiger partial charge in [-0.25, -0.2) is 0 Å². The third-order valence-electron chi connectivity index (χ3n) is 5.80. The number of nitrogen functional groups attached to an aromatic ring is 1. The van der Waals surface area contributed by atoms with Crippen LogP contribution in [0.5, 0.6) is 5.88 Å². The van der Waals surface area contributed by atoms with Gasteiger partial charge in [0.05, 0.1) is 13.2 Å². The number of hydrogen-bond acceptors (Lipinski definition) is 7. The zero-order valence-electron chi connectivity index (χ0n) is 15.7. The standard InChI is InChI=1S/C20H27N5O2/c1-27-18-13-17(22-19(21)23-18)25-12-9-20(26,15-7-3-2-4-8-15)16(14-25)24-10-5-6-11-24/h2-4,7-8,13,16,26H,5-6,9-12,14H2,1H3,(H2,21,22,23)/t16-,20+/m1/s1. The molecule has 0 aliphatic carbocycles. The molecule has 3 N–H and O–H groups in total. The van der Waals surface area contributed by atoms with Crippen LogP contribution in [0.1, 0.15) is 24.8 Å². The van der Waals surface area contributed by atoms with Crippen LogP contribution in [0, 0.1) is 0 Å². The lowest BCUT2D eigenvalue weighted by Gasteiger charge is -2.49. The minimum absolute atomic E-state index is 0.00154. The molecule has 0 spiro atoms. The molecular weight excluding hydrogens is 342 g/mol. The normalized spacial score (nSPS) is 26.3. The Morgan fingerprint density at radius 1 is 1.15 bits per heavy atom. The van der Waals surface area contributed by atoms with Crippen LogP contribution in [0.25, 0.3) is 0 Å². The van der Waals surface area contributed by atoms with E-state index in [-0.39, 0.29) is 12.0 Å². The highest BCUT2D eigenvalue weighted by atomic mass is 16.5. The summed E-state index contributed by atoms with van der Waals surface area (Å²) in [5.41, 5.74) is 5.97. The third-order valence-corrected chi connectivity index (χ3v) is 5.80. The van der Waals surface area contributed by atoms with Gasteiger partial charge in [0.1, 0.15) is 11.4 Å². The van der Waals surface area contributed by atoms with Crippen molar-refractivity contribution in [2.75, 3.05) is 43.9 Å². The fraction of sp³-hybridized carbons (Fsp3) is 0.500. The molecule has 2 saturated heterocycles. The van der Waals surface area contributed by atoms with Crippen LogP contribution in [0.2, 0.25) is 0 Å². The molecule has 0 unspecified atom stereocenters. The Bertz CT molecular complexity index is 781. The summed E-state index contributed by atoms with van der Waals surface area (Å²) in [5, 5.41) is 11.7. The van der Waals surface area contributed by atoms with Gasteiger partial charge < -0.3 is 20.5 Å². The Morgan fingerprint density at radius 2 is 1.89 bits per heavy atom. The number of hydrogen-bond donors (Lipinski definition) is 2. The monoisotopic (exact) mass is 369 g/mol. The summed E-state index contributed by atoms with van der Waals surface area (Å²) >= 11 is 0. The number of nitrogens with zero attached hydrogens (tertiary/aromatic N) is 4. The number of aliphatic hydroxyl groups is 1. The second-order valence-electron chi connectivity index (χ2n) is 7.37. The van der Waals surface area contributed by atoms with Crippen LogP contribution in [0.15, 0.2) is 36.4 Å². The molecule has 27 heavy (non-hydrogen) atoms. The molecule has 1 aromatic carbocycles. The van der Waals surface area contributed by atoms with E-state index in [4.69, 9.17) is 10.5 Å². The zero-order valence-corrected chi connectivity index (χ0v) is 15.7. The van der Waals surface area contributed by atoms with Crippen LogP contribution in [0.4, 0.5) is 11.8 Å². The van der Waals surface area contributed by atoms with Crippen molar-refractivity contribution >= 4 is 11.8 Å². The second kappa shape index (κ2) is 7.32. The van der Waals surface area contributed by atoms with Gasteiger partial charge in [0.25, 0.3) is 0 Å². The van der Waals surface area contributed by atoms with Crippen molar-refractivity contribution in [3.05, 3.63) is 42.0 Å². The molecule has 2 aliphatic rings. The smallest absolute Gasteiger partial charge is 0.225 e. The topological polar surface area (TPSA) is 87.7 Å². The summed E-state index contributed by atoms with van der Waals surface area (Å²) in [6.45, 7) is 3.41. The van der Waals surface area contributed by atoms with Crippen LogP contribution in [-0.2, 0) is 5.60 Å². The molecular formula is C20H27N5O2. The van der Waals surface area contributed by atoms with Crippen molar-refractivity contribution in [1.82, 2.24) is 14.9 Å². The van der Waals surface area contributed by atoms with E-state index in [9.17, 15) is 5.11 Å². The first kappa shape index (κ1) is 18.0. The fourth-order valence-corrected chi connectivity index (χ4v) is 4.36. The molecule has 7 nitrogen and oxygen atoms in total. The largest absolute Gasteiger partial charge is 0.481 e. The predicted molar refractivity (Wildman–Crippen MR) is 105 cm³/mol. The number of ether oxygens (including phenoxy) is 1. The first-order valence-electron chi connectivity index (χ1n) is 9.55. The van der Waals surface area contributed by atoms with Crippen LogP contribution in [-0.4, -0.2) is 59.3 Å². The number of aromatic nitrogens is 2. The minimum Gasteiger partial charge on any atom is -0.481 e. The van der Waals surface area contributed by atoms with E-state index < -0.39 is 5.60 Å². The van der Waals surface area contributed by atoms with E-state index in [1.807, 2.05) is 36.4 Å². The lowest BCUT2D eigenvalue weighted by molar-refractivity contribution is -0.0603. The quantitative estimate of drug-likeness (QED) is 0.847. The lowest BCUT2D eigenvalue weighted by atomic mass is 9.79.